The van der Waals surface area contributed by atoms with Crippen LogP contribution >= 0.6 is 0 Å². The van der Waals surface area contributed by atoms with Crippen LogP contribution in [0, 0.1) is 6.92 Å². The maximum Gasteiger partial charge on any atom is 0.338 e. The number of para-hydroxylation sites is 1. The quantitative estimate of drug-likeness (QED) is 0.601. The highest BCUT2D eigenvalue weighted by Crippen LogP contribution is 2.14. The average Bonchev–Trinajstić information content (AvgIpc) is 2.73. The first-order valence-electron chi connectivity index (χ1n) is 9.98. The lowest BCUT2D eigenvalue weighted by atomic mass is 10.2. The van der Waals surface area contributed by atoms with Crippen LogP contribution in [0.1, 0.15) is 36.2 Å². The number of carbonyl (C=O) groups excluding carboxylic acids is 4. The van der Waals surface area contributed by atoms with Crippen molar-refractivity contribution >= 4 is 35.1 Å². The first-order valence-corrected chi connectivity index (χ1v) is 9.98. The fourth-order valence-electron chi connectivity index (χ4n) is 2.87. The van der Waals surface area contributed by atoms with Gasteiger partial charge in [-0.25, -0.2) is 4.79 Å². The highest BCUT2D eigenvalue weighted by molar-refractivity contribution is 5.96. The molecule has 0 unspecified atom stereocenters. The summed E-state index contributed by atoms with van der Waals surface area (Å²) in [6.45, 7) is 4.86. The highest BCUT2D eigenvalue weighted by Gasteiger charge is 2.19. The van der Waals surface area contributed by atoms with E-state index in [-0.39, 0.29) is 23.9 Å². The zero-order valence-corrected chi connectivity index (χ0v) is 17.9. The number of hydrogen-bond donors (Lipinski definition) is 2. The van der Waals surface area contributed by atoms with E-state index in [4.69, 9.17) is 4.74 Å². The molecule has 0 fully saturated rings. The van der Waals surface area contributed by atoms with E-state index in [1.807, 2.05) is 32.0 Å². The van der Waals surface area contributed by atoms with E-state index in [0.29, 0.717) is 24.3 Å². The molecule has 2 aromatic rings. The molecular weight excluding hydrogens is 398 g/mol. The molecule has 164 valence electrons. The smallest absolute Gasteiger partial charge is 0.338 e. The van der Waals surface area contributed by atoms with Gasteiger partial charge in [-0.2, -0.15) is 0 Å². The molecule has 2 rings (SSSR count). The molecule has 0 aromatic heterocycles. The van der Waals surface area contributed by atoms with E-state index in [2.05, 4.69) is 10.6 Å². The molecule has 0 aliphatic carbocycles. The summed E-state index contributed by atoms with van der Waals surface area (Å²) in [5.41, 5.74) is 2.26. The lowest BCUT2D eigenvalue weighted by Crippen LogP contribution is -2.40. The lowest BCUT2D eigenvalue weighted by molar-refractivity contribution is -0.137. The van der Waals surface area contributed by atoms with Crippen LogP contribution in [0.25, 0.3) is 0 Å². The Morgan fingerprint density at radius 3 is 2.42 bits per heavy atom. The monoisotopic (exact) mass is 425 g/mol. The van der Waals surface area contributed by atoms with E-state index < -0.39 is 18.5 Å². The third kappa shape index (κ3) is 7.58. The van der Waals surface area contributed by atoms with Crippen LogP contribution in [0.5, 0.6) is 0 Å². The second-order valence-corrected chi connectivity index (χ2v) is 7.02. The van der Waals surface area contributed by atoms with Gasteiger partial charge in [-0.3, -0.25) is 14.4 Å². The fraction of sp³-hybridized carbons (Fsp3) is 0.304. The SMILES string of the molecule is CCCN(CC(=O)Nc1ccccc1C)C(=O)COC(=O)c1cccc(NC(C)=O)c1. The Balaban J connectivity index is 1.94. The topological polar surface area (TPSA) is 105 Å². The number of aryl methyl sites for hydroxylation is 1. The van der Waals surface area contributed by atoms with Gasteiger partial charge in [0.2, 0.25) is 11.8 Å². The highest BCUT2D eigenvalue weighted by atomic mass is 16.5. The van der Waals surface area contributed by atoms with Crippen molar-refractivity contribution < 1.29 is 23.9 Å². The number of amides is 3. The number of anilines is 2. The van der Waals surface area contributed by atoms with Crippen LogP contribution in [-0.4, -0.2) is 48.3 Å². The predicted octanol–water partition coefficient (Wildman–Crippen LogP) is 2.99. The van der Waals surface area contributed by atoms with Crippen molar-refractivity contribution in [3.05, 3.63) is 59.7 Å². The number of benzene rings is 2. The zero-order chi connectivity index (χ0) is 22.8. The van der Waals surface area contributed by atoms with Crippen LogP contribution in [0.15, 0.2) is 48.5 Å². The number of nitrogens with zero attached hydrogens (tertiary/aromatic N) is 1. The average molecular weight is 425 g/mol. The molecule has 8 nitrogen and oxygen atoms in total. The maximum absolute atomic E-state index is 12.5. The number of ether oxygens (including phenoxy) is 1. The van der Waals surface area contributed by atoms with Gasteiger partial charge in [-0.15, -0.1) is 0 Å². The Kier molecular flexibility index (Phi) is 8.75. The molecule has 0 atom stereocenters. The summed E-state index contributed by atoms with van der Waals surface area (Å²) < 4.78 is 5.12. The summed E-state index contributed by atoms with van der Waals surface area (Å²) in [4.78, 5) is 49.7. The van der Waals surface area contributed by atoms with Crippen molar-refractivity contribution in [1.29, 1.82) is 0 Å². The Morgan fingerprint density at radius 1 is 1.00 bits per heavy atom. The third-order valence-corrected chi connectivity index (χ3v) is 4.35. The van der Waals surface area contributed by atoms with Gasteiger partial charge in [0.25, 0.3) is 5.91 Å². The van der Waals surface area contributed by atoms with E-state index in [1.165, 1.54) is 24.0 Å². The van der Waals surface area contributed by atoms with Gasteiger partial charge in [-0.05, 0) is 43.2 Å². The summed E-state index contributed by atoms with van der Waals surface area (Å²) >= 11 is 0. The number of esters is 1. The van der Waals surface area contributed by atoms with Gasteiger partial charge in [0.15, 0.2) is 6.61 Å². The van der Waals surface area contributed by atoms with Crippen molar-refractivity contribution in [3.8, 4) is 0 Å². The molecule has 0 aliphatic rings. The van der Waals surface area contributed by atoms with Gasteiger partial charge in [0.1, 0.15) is 0 Å². The molecule has 31 heavy (non-hydrogen) atoms. The Labute approximate surface area is 181 Å². The van der Waals surface area contributed by atoms with Crippen molar-refractivity contribution in [2.24, 2.45) is 0 Å². The number of nitrogens with one attached hydrogen (secondary N) is 2. The summed E-state index contributed by atoms with van der Waals surface area (Å²) in [5, 5.41) is 5.37. The molecule has 0 aliphatic heterocycles. The first kappa shape index (κ1) is 23.6. The number of carbonyl (C=O) groups is 4. The summed E-state index contributed by atoms with van der Waals surface area (Å²) in [7, 11) is 0. The predicted molar refractivity (Wildman–Crippen MR) is 118 cm³/mol. The minimum Gasteiger partial charge on any atom is -0.452 e. The standard InChI is InChI=1S/C23H27N3O5/c1-4-12-26(14-21(28)25-20-11-6-5-8-16(20)2)22(29)15-31-23(30)18-9-7-10-19(13-18)24-17(3)27/h5-11,13H,4,12,14-15H2,1-3H3,(H,24,27)(H,25,28). The van der Waals surface area contributed by atoms with E-state index in [9.17, 15) is 19.2 Å². The van der Waals surface area contributed by atoms with Gasteiger partial charge < -0.3 is 20.3 Å². The first-order chi connectivity index (χ1) is 14.8. The molecule has 0 bridgehead atoms. The van der Waals surface area contributed by atoms with Crippen molar-refractivity contribution in [2.45, 2.75) is 27.2 Å². The third-order valence-electron chi connectivity index (χ3n) is 4.35. The Bertz CT molecular complexity index is 958. The molecule has 0 spiro atoms. The van der Waals surface area contributed by atoms with E-state index in [0.717, 1.165) is 5.56 Å². The summed E-state index contributed by atoms with van der Waals surface area (Å²) in [6, 6.07) is 13.6. The van der Waals surface area contributed by atoms with Gasteiger partial charge in [0.05, 0.1) is 12.1 Å². The molecule has 8 heteroatoms. The summed E-state index contributed by atoms with van der Waals surface area (Å²) in [5.74, 6) is -1.75. The summed E-state index contributed by atoms with van der Waals surface area (Å²) in [6.07, 6.45) is 0.649. The van der Waals surface area contributed by atoms with Crippen LogP contribution < -0.4 is 10.6 Å². The molecule has 0 heterocycles. The number of hydrogen-bond acceptors (Lipinski definition) is 5. The van der Waals surface area contributed by atoms with E-state index >= 15 is 0 Å². The number of rotatable bonds is 9. The maximum atomic E-state index is 12.5. The van der Waals surface area contributed by atoms with Gasteiger partial charge in [0, 0.05) is 24.8 Å². The van der Waals surface area contributed by atoms with Gasteiger partial charge >= 0.3 is 5.97 Å². The van der Waals surface area contributed by atoms with Crippen molar-refractivity contribution in [1.82, 2.24) is 4.90 Å². The van der Waals surface area contributed by atoms with E-state index in [1.54, 1.807) is 18.2 Å². The largest absolute Gasteiger partial charge is 0.452 e. The molecule has 0 radical (unpaired) electrons. The zero-order valence-electron chi connectivity index (χ0n) is 17.9. The van der Waals surface area contributed by atoms with Crippen LogP contribution in [-0.2, 0) is 19.1 Å². The minimum atomic E-state index is -0.693. The normalized spacial score (nSPS) is 10.2. The molecular formula is C23H27N3O5. The Hall–Kier alpha value is -3.68. The molecule has 3 amide bonds. The van der Waals surface area contributed by atoms with Crippen LogP contribution in [0.3, 0.4) is 0 Å². The second-order valence-electron chi connectivity index (χ2n) is 7.02. The minimum absolute atomic E-state index is 0.142. The molecule has 2 aromatic carbocycles. The Morgan fingerprint density at radius 2 is 1.74 bits per heavy atom. The van der Waals surface area contributed by atoms with Crippen LogP contribution in [0.4, 0.5) is 11.4 Å². The second kappa shape index (κ2) is 11.5. The molecule has 0 saturated carbocycles. The molecule has 0 saturated heterocycles. The van der Waals surface area contributed by atoms with Gasteiger partial charge in [-0.1, -0.05) is 31.2 Å². The van der Waals surface area contributed by atoms with Crippen LogP contribution in [0.2, 0.25) is 0 Å². The van der Waals surface area contributed by atoms with Crippen molar-refractivity contribution in [3.63, 3.8) is 0 Å². The lowest BCUT2D eigenvalue weighted by Gasteiger charge is -2.21. The van der Waals surface area contributed by atoms with Crippen molar-refractivity contribution in [2.75, 3.05) is 30.3 Å². The molecule has 2 N–H and O–H groups in total. The fourth-order valence-corrected chi connectivity index (χ4v) is 2.87.